The van der Waals surface area contributed by atoms with Crippen molar-refractivity contribution in [2.75, 3.05) is 6.61 Å². The predicted molar refractivity (Wildman–Crippen MR) is 57.9 cm³/mol. The Kier molecular flexibility index (Phi) is 3.56. The van der Waals surface area contributed by atoms with Crippen LogP contribution in [0.5, 0.6) is 0 Å². The zero-order valence-electron chi connectivity index (χ0n) is 8.86. The van der Waals surface area contributed by atoms with E-state index in [2.05, 4.69) is 0 Å². The van der Waals surface area contributed by atoms with Crippen LogP contribution in [0.2, 0.25) is 0 Å². The maximum absolute atomic E-state index is 9.73. The van der Waals surface area contributed by atoms with Crippen molar-refractivity contribution >= 4 is 0 Å². The summed E-state index contributed by atoms with van der Waals surface area (Å²) in [5.41, 5.74) is 1.04. The maximum Gasteiger partial charge on any atom is 0.111 e. The van der Waals surface area contributed by atoms with Gasteiger partial charge in [0.2, 0.25) is 0 Å². The number of hydrogen-bond acceptors (Lipinski definition) is 4. The Labute approximate surface area is 94.1 Å². The van der Waals surface area contributed by atoms with Gasteiger partial charge in [-0.15, -0.1) is 0 Å². The van der Waals surface area contributed by atoms with Crippen LogP contribution in [0.3, 0.4) is 0 Å². The van der Waals surface area contributed by atoms with Crippen LogP contribution < -0.4 is 0 Å². The lowest BCUT2D eigenvalue weighted by atomic mass is 10.0. The molecule has 0 aliphatic carbocycles. The molecule has 1 aromatic carbocycles. The van der Waals surface area contributed by atoms with Crippen LogP contribution in [-0.4, -0.2) is 46.3 Å². The number of aliphatic hydroxyl groups excluding tert-OH is 3. The lowest BCUT2D eigenvalue weighted by molar-refractivity contribution is -0.0215. The van der Waals surface area contributed by atoms with Gasteiger partial charge < -0.3 is 20.1 Å². The van der Waals surface area contributed by atoms with Crippen LogP contribution >= 0.6 is 0 Å². The molecule has 4 heteroatoms. The molecular formula is C12H16O4. The fourth-order valence-corrected chi connectivity index (χ4v) is 1.99. The first-order valence-corrected chi connectivity index (χ1v) is 5.38. The molecule has 0 spiro atoms. The summed E-state index contributed by atoms with van der Waals surface area (Å²) in [6, 6.07) is 9.62. The highest BCUT2D eigenvalue weighted by Crippen LogP contribution is 2.23. The number of rotatable bonds is 3. The average Bonchev–Trinajstić information content (AvgIpc) is 2.58. The van der Waals surface area contributed by atoms with Crippen molar-refractivity contribution in [1.82, 2.24) is 0 Å². The zero-order chi connectivity index (χ0) is 11.5. The average molecular weight is 224 g/mol. The molecule has 0 saturated carbocycles. The van der Waals surface area contributed by atoms with Gasteiger partial charge >= 0.3 is 0 Å². The van der Waals surface area contributed by atoms with Gasteiger partial charge in [0, 0.05) is 6.42 Å². The van der Waals surface area contributed by atoms with Gasteiger partial charge in [-0.3, -0.25) is 0 Å². The third kappa shape index (κ3) is 2.25. The Balaban J connectivity index is 2.01. The number of ether oxygens (including phenoxy) is 1. The van der Waals surface area contributed by atoms with Crippen LogP contribution in [0.15, 0.2) is 30.3 Å². The summed E-state index contributed by atoms with van der Waals surface area (Å²) in [7, 11) is 0. The molecule has 88 valence electrons. The van der Waals surface area contributed by atoms with Gasteiger partial charge in [0.25, 0.3) is 0 Å². The molecule has 0 aromatic heterocycles. The first-order chi connectivity index (χ1) is 7.72. The summed E-state index contributed by atoms with van der Waals surface area (Å²) < 4.78 is 5.39. The molecule has 2 rings (SSSR count). The highest BCUT2D eigenvalue weighted by molar-refractivity contribution is 5.16. The molecule has 0 amide bonds. The summed E-state index contributed by atoms with van der Waals surface area (Å²) >= 11 is 0. The van der Waals surface area contributed by atoms with E-state index in [1.807, 2.05) is 30.3 Å². The Hall–Kier alpha value is -0.940. The Morgan fingerprint density at radius 1 is 1.00 bits per heavy atom. The fraction of sp³-hybridized carbons (Fsp3) is 0.500. The normalized spacial score (nSPS) is 34.2. The van der Waals surface area contributed by atoms with Crippen molar-refractivity contribution in [3.63, 3.8) is 0 Å². The predicted octanol–water partition coefficient (Wildman–Crippen LogP) is -0.289. The Morgan fingerprint density at radius 2 is 1.62 bits per heavy atom. The minimum Gasteiger partial charge on any atom is -0.394 e. The molecule has 1 heterocycles. The summed E-state index contributed by atoms with van der Waals surface area (Å²) in [6.07, 6.45) is -2.52. The minimum atomic E-state index is -1.00. The molecule has 4 atom stereocenters. The largest absolute Gasteiger partial charge is 0.394 e. The smallest absolute Gasteiger partial charge is 0.111 e. The molecule has 1 saturated heterocycles. The number of benzene rings is 1. The van der Waals surface area contributed by atoms with Crippen molar-refractivity contribution in [3.05, 3.63) is 35.9 Å². The van der Waals surface area contributed by atoms with Gasteiger partial charge in [-0.05, 0) is 5.56 Å². The first-order valence-electron chi connectivity index (χ1n) is 5.38. The Bertz CT molecular complexity index is 327. The lowest BCUT2D eigenvalue weighted by Gasteiger charge is -2.14. The van der Waals surface area contributed by atoms with E-state index in [1.165, 1.54) is 0 Å². The van der Waals surface area contributed by atoms with Gasteiger partial charge in [-0.2, -0.15) is 0 Å². The monoisotopic (exact) mass is 224 g/mol. The van der Waals surface area contributed by atoms with Gasteiger partial charge in [-0.1, -0.05) is 30.3 Å². The summed E-state index contributed by atoms with van der Waals surface area (Å²) in [4.78, 5) is 0. The fourth-order valence-electron chi connectivity index (χ4n) is 1.99. The second-order valence-corrected chi connectivity index (χ2v) is 4.07. The van der Waals surface area contributed by atoms with Gasteiger partial charge in [0.05, 0.1) is 12.7 Å². The number of hydrogen-bond donors (Lipinski definition) is 3. The van der Waals surface area contributed by atoms with E-state index in [0.29, 0.717) is 6.42 Å². The van der Waals surface area contributed by atoms with Crippen LogP contribution in [0.4, 0.5) is 0 Å². The van der Waals surface area contributed by atoms with E-state index in [-0.39, 0.29) is 6.61 Å². The molecule has 4 nitrogen and oxygen atoms in total. The van der Waals surface area contributed by atoms with Gasteiger partial charge in [0.1, 0.15) is 18.3 Å². The van der Waals surface area contributed by atoms with Crippen LogP contribution in [0, 0.1) is 0 Å². The SMILES string of the molecule is OC[C@H]1OC(Cc2ccccc2)[C@@H](O)[C@@H]1O. The summed E-state index contributed by atoms with van der Waals surface area (Å²) in [5.74, 6) is 0. The summed E-state index contributed by atoms with van der Waals surface area (Å²) in [6.45, 7) is -0.274. The van der Waals surface area contributed by atoms with E-state index in [1.54, 1.807) is 0 Å². The Morgan fingerprint density at radius 3 is 2.19 bits per heavy atom. The zero-order valence-corrected chi connectivity index (χ0v) is 8.86. The van der Waals surface area contributed by atoms with E-state index in [0.717, 1.165) is 5.56 Å². The number of aliphatic hydroxyl groups is 3. The maximum atomic E-state index is 9.73. The molecular weight excluding hydrogens is 208 g/mol. The topological polar surface area (TPSA) is 69.9 Å². The molecule has 1 aromatic rings. The van der Waals surface area contributed by atoms with Gasteiger partial charge in [0.15, 0.2) is 0 Å². The van der Waals surface area contributed by atoms with E-state index in [4.69, 9.17) is 9.84 Å². The second-order valence-electron chi connectivity index (χ2n) is 4.07. The molecule has 16 heavy (non-hydrogen) atoms. The van der Waals surface area contributed by atoms with Crippen molar-refractivity contribution in [1.29, 1.82) is 0 Å². The molecule has 3 N–H and O–H groups in total. The van der Waals surface area contributed by atoms with Crippen LogP contribution in [-0.2, 0) is 11.2 Å². The third-order valence-electron chi connectivity index (χ3n) is 2.92. The molecule has 0 radical (unpaired) electrons. The first kappa shape index (κ1) is 11.5. The molecule has 1 fully saturated rings. The third-order valence-corrected chi connectivity index (χ3v) is 2.92. The summed E-state index contributed by atoms with van der Waals surface area (Å²) in [5, 5.41) is 28.2. The molecule has 1 unspecified atom stereocenters. The highest BCUT2D eigenvalue weighted by Gasteiger charge is 2.41. The molecule has 0 bridgehead atoms. The van der Waals surface area contributed by atoms with Gasteiger partial charge in [-0.25, -0.2) is 0 Å². The van der Waals surface area contributed by atoms with Crippen LogP contribution in [0.1, 0.15) is 5.56 Å². The second kappa shape index (κ2) is 4.93. The van der Waals surface area contributed by atoms with Crippen molar-refractivity contribution in [3.8, 4) is 0 Å². The van der Waals surface area contributed by atoms with Crippen molar-refractivity contribution < 1.29 is 20.1 Å². The van der Waals surface area contributed by atoms with E-state index in [9.17, 15) is 10.2 Å². The van der Waals surface area contributed by atoms with Crippen LogP contribution in [0.25, 0.3) is 0 Å². The molecule has 1 aliphatic heterocycles. The minimum absolute atomic E-state index is 0.274. The standard InChI is InChI=1S/C12H16O4/c13-7-10-12(15)11(14)9(16-10)6-8-4-2-1-3-5-8/h1-5,9-15H,6-7H2/t9?,10-,11-,12-/m1/s1. The van der Waals surface area contributed by atoms with Crippen molar-refractivity contribution in [2.24, 2.45) is 0 Å². The highest BCUT2D eigenvalue weighted by atomic mass is 16.6. The van der Waals surface area contributed by atoms with Crippen molar-refractivity contribution in [2.45, 2.75) is 30.8 Å². The molecule has 1 aliphatic rings. The van der Waals surface area contributed by atoms with E-state index < -0.39 is 24.4 Å². The quantitative estimate of drug-likeness (QED) is 0.660. The lowest BCUT2D eigenvalue weighted by Crippen LogP contribution is -2.34. The van der Waals surface area contributed by atoms with E-state index >= 15 is 0 Å².